The molecule has 84 heavy (non-hydrogen) atoms. The summed E-state index contributed by atoms with van der Waals surface area (Å²) in [5, 5.41) is 0. The molecule has 0 saturated heterocycles. The Balaban J connectivity index is 0.753. The summed E-state index contributed by atoms with van der Waals surface area (Å²) < 4.78 is 33.5. The van der Waals surface area contributed by atoms with E-state index in [-0.39, 0.29) is 36.1 Å². The summed E-state index contributed by atoms with van der Waals surface area (Å²) in [5.74, 6) is -0.826. The van der Waals surface area contributed by atoms with E-state index in [9.17, 15) is 28.8 Å². The van der Waals surface area contributed by atoms with Gasteiger partial charge in [-0.1, -0.05) is 165 Å². The molecule has 6 aromatic rings. The lowest BCUT2D eigenvalue weighted by atomic mass is 10.0. The molecule has 2 unspecified atom stereocenters. The van der Waals surface area contributed by atoms with Crippen LogP contribution in [0.5, 0.6) is 23.0 Å². The van der Waals surface area contributed by atoms with Crippen LogP contribution in [-0.2, 0) is 19.1 Å². The van der Waals surface area contributed by atoms with Crippen LogP contribution < -0.4 is 18.9 Å². The third-order valence-corrected chi connectivity index (χ3v) is 14.7. The molecule has 0 aliphatic rings. The van der Waals surface area contributed by atoms with E-state index in [2.05, 4.69) is 13.8 Å². The van der Waals surface area contributed by atoms with Gasteiger partial charge in [-0.05, 0) is 172 Å². The monoisotopic (exact) mass is 1140 g/mol. The molecule has 0 spiro atoms. The molecule has 6 aromatic carbocycles. The van der Waals surface area contributed by atoms with Crippen LogP contribution in [-0.4, -0.2) is 48.0 Å². The fourth-order valence-corrected chi connectivity index (χ4v) is 9.69. The van der Waals surface area contributed by atoms with Crippen LogP contribution in [0, 0.1) is 0 Å². The highest BCUT2D eigenvalue weighted by atomic mass is 16.6. The summed E-state index contributed by atoms with van der Waals surface area (Å²) in [7, 11) is 0. The van der Waals surface area contributed by atoms with Crippen molar-refractivity contribution in [2.24, 2.45) is 0 Å². The summed E-state index contributed by atoms with van der Waals surface area (Å²) in [6.45, 7) is 8.27. The molecule has 2 atom stereocenters. The summed E-state index contributed by atoms with van der Waals surface area (Å²) in [4.78, 5) is 76.2. The van der Waals surface area contributed by atoms with E-state index >= 15 is 0 Å². The molecule has 446 valence electrons. The van der Waals surface area contributed by atoms with Crippen LogP contribution in [0.25, 0.3) is 22.3 Å². The van der Waals surface area contributed by atoms with Crippen LogP contribution in [0.15, 0.2) is 146 Å². The second kappa shape index (κ2) is 36.7. The molecule has 0 aromatic heterocycles. The largest absolute Gasteiger partial charge is 0.459 e. The highest BCUT2D eigenvalue weighted by molar-refractivity contribution is 5.93. The maximum atomic E-state index is 12.9. The zero-order valence-corrected chi connectivity index (χ0v) is 49.9. The van der Waals surface area contributed by atoms with Crippen molar-refractivity contribution in [2.75, 3.05) is 0 Å². The Hall–Kier alpha value is -7.86. The number of carbonyl (C=O) groups excluding carboxylic acids is 6. The van der Waals surface area contributed by atoms with Gasteiger partial charge in [0.05, 0.1) is 34.5 Å². The molecule has 0 radical (unpaired) electrons. The van der Waals surface area contributed by atoms with E-state index in [1.807, 2.05) is 62.4 Å². The fraction of sp³-hybridized carbons (Fsp3) is 0.417. The number of unbranched alkanes of at least 4 members (excludes halogenated alkanes) is 17. The van der Waals surface area contributed by atoms with Crippen LogP contribution >= 0.6 is 0 Å². The minimum atomic E-state index is -0.531. The Bertz CT molecular complexity index is 2730. The van der Waals surface area contributed by atoms with E-state index in [0.29, 0.717) is 58.1 Å². The SMILES string of the molecule is CCCCCCCC(C)OC(=O)c1ccc(-c2ccc(OC(=O)c3ccc(OC(=O)CCCCCCCCCCCCC(=O)Oc4ccc(C(=O)Oc5ccc(-c6ccc(C(=O)OC(C)CCCCCCC)cc6)cc5)cc4)cc3)cc2)cc1. The van der Waals surface area contributed by atoms with Crippen molar-refractivity contribution in [1.29, 1.82) is 0 Å². The number of esters is 6. The number of hydrogen-bond acceptors (Lipinski definition) is 12. The first kappa shape index (κ1) is 65.3. The average Bonchev–Trinajstić information content (AvgIpc) is 3.69. The lowest BCUT2D eigenvalue weighted by Crippen LogP contribution is -2.15. The summed E-state index contributed by atoms with van der Waals surface area (Å²) in [5.41, 5.74) is 5.30. The third-order valence-electron chi connectivity index (χ3n) is 14.7. The number of ether oxygens (including phenoxy) is 6. The molecule has 0 aliphatic carbocycles. The molecular weight excluding hydrogens is 1060 g/mol. The lowest BCUT2D eigenvalue weighted by Gasteiger charge is -2.13. The van der Waals surface area contributed by atoms with Gasteiger partial charge in [0.2, 0.25) is 0 Å². The Kier molecular flexibility index (Phi) is 28.5. The first-order chi connectivity index (χ1) is 40.9. The highest BCUT2D eigenvalue weighted by Gasteiger charge is 2.17. The molecule has 0 fully saturated rings. The molecule has 0 saturated carbocycles. The van der Waals surface area contributed by atoms with Gasteiger partial charge in [-0.2, -0.15) is 0 Å². The van der Waals surface area contributed by atoms with E-state index in [1.54, 1.807) is 97.1 Å². The van der Waals surface area contributed by atoms with Gasteiger partial charge in [0, 0.05) is 12.8 Å². The Morgan fingerprint density at radius 1 is 0.286 bits per heavy atom. The number of benzene rings is 6. The third kappa shape index (κ3) is 23.8. The average molecular weight is 1140 g/mol. The second-order valence-electron chi connectivity index (χ2n) is 21.9. The van der Waals surface area contributed by atoms with Gasteiger partial charge in [-0.25, -0.2) is 19.2 Å². The smallest absolute Gasteiger partial charge is 0.343 e. The van der Waals surface area contributed by atoms with Crippen LogP contribution in [0.3, 0.4) is 0 Å². The van der Waals surface area contributed by atoms with E-state index in [0.717, 1.165) is 125 Å². The van der Waals surface area contributed by atoms with Crippen molar-refractivity contribution >= 4 is 35.8 Å². The van der Waals surface area contributed by atoms with Crippen LogP contribution in [0.4, 0.5) is 0 Å². The minimum Gasteiger partial charge on any atom is -0.459 e. The van der Waals surface area contributed by atoms with Gasteiger partial charge < -0.3 is 28.4 Å². The van der Waals surface area contributed by atoms with E-state index < -0.39 is 11.9 Å². The lowest BCUT2D eigenvalue weighted by molar-refractivity contribution is -0.135. The summed E-state index contributed by atoms with van der Waals surface area (Å²) >= 11 is 0. The maximum absolute atomic E-state index is 12.9. The van der Waals surface area contributed by atoms with Crippen molar-refractivity contribution in [2.45, 2.75) is 194 Å². The van der Waals surface area contributed by atoms with Crippen molar-refractivity contribution in [1.82, 2.24) is 0 Å². The van der Waals surface area contributed by atoms with Gasteiger partial charge in [0.25, 0.3) is 0 Å². The molecule has 6 rings (SSSR count). The second-order valence-corrected chi connectivity index (χ2v) is 21.9. The van der Waals surface area contributed by atoms with Crippen LogP contribution in [0.2, 0.25) is 0 Å². The highest BCUT2D eigenvalue weighted by Crippen LogP contribution is 2.27. The quantitative estimate of drug-likeness (QED) is 0.0207. The molecular formula is C72H86O12. The fourth-order valence-electron chi connectivity index (χ4n) is 9.69. The Morgan fingerprint density at radius 2 is 0.524 bits per heavy atom. The van der Waals surface area contributed by atoms with Crippen molar-refractivity contribution in [3.63, 3.8) is 0 Å². The first-order valence-electron chi connectivity index (χ1n) is 30.8. The van der Waals surface area contributed by atoms with Gasteiger partial charge in [-0.15, -0.1) is 0 Å². The van der Waals surface area contributed by atoms with Gasteiger partial charge >= 0.3 is 35.8 Å². The Labute approximate surface area is 498 Å². The standard InChI is InChI=1S/C72H86O12/c1-5-7-9-17-21-25-53(3)79-69(75)59-33-29-55(30-34-59)57-37-45-65(46-38-57)83-71(77)61-41-49-63(50-42-61)81-67(73)27-23-19-15-13-11-12-14-16-20-24-28-68(74)82-64-51-43-62(44-52-64)72(78)84-66-47-39-58(40-48-66)56-31-35-60(36-32-56)70(76)80-54(4)26-22-18-10-8-6-2/h29-54H,5-28H2,1-4H3. The molecule has 0 heterocycles. The molecule has 0 amide bonds. The predicted molar refractivity (Wildman–Crippen MR) is 330 cm³/mol. The predicted octanol–water partition coefficient (Wildman–Crippen LogP) is 18.5. The van der Waals surface area contributed by atoms with Crippen LogP contribution in [0.1, 0.15) is 223 Å². The first-order valence-corrected chi connectivity index (χ1v) is 30.8. The molecule has 12 nitrogen and oxygen atoms in total. The van der Waals surface area contributed by atoms with Gasteiger partial charge in [0.1, 0.15) is 23.0 Å². The molecule has 0 aliphatic heterocycles. The summed E-state index contributed by atoms with van der Waals surface area (Å²) in [6.07, 6.45) is 23.7. The molecule has 12 heteroatoms. The number of hydrogen-bond donors (Lipinski definition) is 0. The normalized spacial score (nSPS) is 11.7. The number of rotatable bonds is 37. The van der Waals surface area contributed by atoms with Crippen molar-refractivity contribution < 1.29 is 57.2 Å². The Morgan fingerprint density at radius 3 is 0.845 bits per heavy atom. The summed E-state index contributed by atoms with van der Waals surface area (Å²) in [6, 6.07) is 41.5. The van der Waals surface area contributed by atoms with Crippen molar-refractivity contribution in [3.05, 3.63) is 168 Å². The van der Waals surface area contributed by atoms with E-state index in [1.165, 1.54) is 38.5 Å². The van der Waals surface area contributed by atoms with Gasteiger partial charge in [0.15, 0.2) is 0 Å². The zero-order chi connectivity index (χ0) is 59.7. The number of carbonyl (C=O) groups is 6. The molecule has 0 N–H and O–H groups in total. The maximum Gasteiger partial charge on any atom is 0.343 e. The topological polar surface area (TPSA) is 158 Å². The zero-order valence-electron chi connectivity index (χ0n) is 49.9. The molecule has 0 bridgehead atoms. The van der Waals surface area contributed by atoms with Crippen molar-refractivity contribution in [3.8, 4) is 45.3 Å². The minimum absolute atomic E-state index is 0.126. The van der Waals surface area contributed by atoms with E-state index in [4.69, 9.17) is 28.4 Å². The van der Waals surface area contributed by atoms with Gasteiger partial charge in [-0.3, -0.25) is 9.59 Å².